The number of carbonyl (C=O) groups excluding carboxylic acids is 2. The Hall–Kier alpha value is -2.36. The summed E-state index contributed by atoms with van der Waals surface area (Å²) in [7, 11) is 0. The smallest absolute Gasteiger partial charge is 0.242 e. The van der Waals surface area contributed by atoms with Crippen molar-refractivity contribution in [1.82, 2.24) is 10.6 Å². The van der Waals surface area contributed by atoms with Gasteiger partial charge in [-0.2, -0.15) is 0 Å². The third kappa shape index (κ3) is 6.03. The second-order valence-corrected chi connectivity index (χ2v) is 6.35. The van der Waals surface area contributed by atoms with Crippen molar-refractivity contribution in [3.05, 3.63) is 59.7 Å². The van der Waals surface area contributed by atoms with Gasteiger partial charge in [-0.1, -0.05) is 54.1 Å². The lowest BCUT2D eigenvalue weighted by atomic mass is 10.0. The highest BCUT2D eigenvalue weighted by molar-refractivity contribution is 5.87. The van der Waals surface area contributed by atoms with E-state index in [1.165, 1.54) is 11.1 Å². The first-order chi connectivity index (χ1) is 11.5. The van der Waals surface area contributed by atoms with Crippen LogP contribution in [0.3, 0.4) is 0 Å². The maximum absolute atomic E-state index is 12.2. The molecule has 2 rings (SSSR count). The molecule has 2 amide bonds. The molecule has 0 bridgehead atoms. The number of rotatable bonds is 7. The first-order valence-corrected chi connectivity index (χ1v) is 8.52. The molecule has 128 valence electrons. The minimum Gasteiger partial charge on any atom is -0.348 e. The zero-order chi connectivity index (χ0) is 17.4. The normalized spacial score (nSPS) is 17.8. The molecule has 0 saturated heterocycles. The molecular formula is C20H26N2O2. The Bertz CT molecular complexity index is 620. The second-order valence-electron chi connectivity index (χ2n) is 6.35. The SMILES string of the molecule is CC1=CC=C[C@@H](NC(=O)[C@H](C)NC(=O)CCCc2ccccc2)C1. The van der Waals surface area contributed by atoms with Gasteiger partial charge in [0.1, 0.15) is 6.04 Å². The van der Waals surface area contributed by atoms with Crippen molar-refractivity contribution >= 4 is 11.8 Å². The van der Waals surface area contributed by atoms with Crippen LogP contribution >= 0.6 is 0 Å². The van der Waals surface area contributed by atoms with E-state index < -0.39 is 6.04 Å². The molecule has 24 heavy (non-hydrogen) atoms. The number of hydrogen-bond donors (Lipinski definition) is 2. The van der Waals surface area contributed by atoms with Crippen LogP contribution in [-0.4, -0.2) is 23.9 Å². The fourth-order valence-corrected chi connectivity index (χ4v) is 2.72. The van der Waals surface area contributed by atoms with Crippen LogP contribution in [0.2, 0.25) is 0 Å². The highest BCUT2D eigenvalue weighted by Gasteiger charge is 2.18. The number of carbonyl (C=O) groups is 2. The summed E-state index contributed by atoms with van der Waals surface area (Å²) in [5.74, 6) is -0.223. The van der Waals surface area contributed by atoms with Crippen molar-refractivity contribution in [3.63, 3.8) is 0 Å². The number of aryl methyl sites for hydroxylation is 1. The predicted molar refractivity (Wildman–Crippen MR) is 96.4 cm³/mol. The molecule has 0 fully saturated rings. The minimum absolute atomic E-state index is 0.0138. The Kier molecular flexibility index (Phi) is 6.79. The van der Waals surface area contributed by atoms with E-state index in [0.29, 0.717) is 6.42 Å². The summed E-state index contributed by atoms with van der Waals surface area (Å²) in [6.07, 6.45) is 8.86. The number of amides is 2. The van der Waals surface area contributed by atoms with E-state index in [4.69, 9.17) is 0 Å². The third-order valence-electron chi connectivity index (χ3n) is 4.08. The Morgan fingerprint density at radius 3 is 2.71 bits per heavy atom. The number of benzene rings is 1. The Labute approximate surface area is 144 Å². The Morgan fingerprint density at radius 2 is 2.00 bits per heavy atom. The molecule has 0 saturated carbocycles. The lowest BCUT2D eigenvalue weighted by molar-refractivity contribution is -0.128. The second kappa shape index (κ2) is 9.06. The molecule has 2 N–H and O–H groups in total. The Balaban J connectivity index is 1.68. The molecule has 0 unspecified atom stereocenters. The van der Waals surface area contributed by atoms with Crippen molar-refractivity contribution in [2.75, 3.05) is 0 Å². The first kappa shape index (κ1) is 18.0. The van der Waals surface area contributed by atoms with Crippen LogP contribution in [0.5, 0.6) is 0 Å². The van der Waals surface area contributed by atoms with E-state index in [0.717, 1.165) is 19.3 Å². The molecule has 0 spiro atoms. The van der Waals surface area contributed by atoms with Gasteiger partial charge in [0.05, 0.1) is 6.04 Å². The molecule has 1 aliphatic rings. The van der Waals surface area contributed by atoms with Crippen molar-refractivity contribution in [3.8, 4) is 0 Å². The third-order valence-corrected chi connectivity index (χ3v) is 4.08. The summed E-state index contributed by atoms with van der Waals surface area (Å²) in [5, 5.41) is 5.73. The van der Waals surface area contributed by atoms with E-state index in [1.807, 2.05) is 43.4 Å². The molecule has 4 nitrogen and oxygen atoms in total. The summed E-state index contributed by atoms with van der Waals surface area (Å²) >= 11 is 0. The van der Waals surface area contributed by atoms with Crippen LogP contribution in [0.4, 0.5) is 0 Å². The molecule has 0 aliphatic heterocycles. The van der Waals surface area contributed by atoms with E-state index in [2.05, 4.69) is 22.8 Å². The number of allylic oxidation sites excluding steroid dienone is 2. The van der Waals surface area contributed by atoms with Gasteiger partial charge in [-0.3, -0.25) is 9.59 Å². The van der Waals surface area contributed by atoms with Crippen LogP contribution in [-0.2, 0) is 16.0 Å². The minimum atomic E-state index is -0.520. The van der Waals surface area contributed by atoms with Gasteiger partial charge in [0.25, 0.3) is 0 Å². The number of hydrogen-bond acceptors (Lipinski definition) is 2. The highest BCUT2D eigenvalue weighted by Crippen LogP contribution is 2.11. The van der Waals surface area contributed by atoms with Gasteiger partial charge in [-0.15, -0.1) is 0 Å². The molecule has 0 heterocycles. The predicted octanol–water partition coefficient (Wildman–Crippen LogP) is 2.91. The lowest BCUT2D eigenvalue weighted by Gasteiger charge is -2.21. The maximum Gasteiger partial charge on any atom is 0.242 e. The average molecular weight is 326 g/mol. The molecule has 0 radical (unpaired) electrons. The monoisotopic (exact) mass is 326 g/mol. The zero-order valence-electron chi connectivity index (χ0n) is 14.4. The fourth-order valence-electron chi connectivity index (χ4n) is 2.72. The first-order valence-electron chi connectivity index (χ1n) is 8.52. The van der Waals surface area contributed by atoms with E-state index in [9.17, 15) is 9.59 Å². The van der Waals surface area contributed by atoms with Crippen LogP contribution in [0.25, 0.3) is 0 Å². The van der Waals surface area contributed by atoms with Crippen molar-refractivity contribution in [2.24, 2.45) is 0 Å². The van der Waals surface area contributed by atoms with E-state index in [-0.39, 0.29) is 17.9 Å². The fraction of sp³-hybridized carbons (Fsp3) is 0.400. The van der Waals surface area contributed by atoms with Gasteiger partial charge in [-0.25, -0.2) is 0 Å². The molecule has 1 aliphatic carbocycles. The van der Waals surface area contributed by atoms with Crippen molar-refractivity contribution in [2.45, 2.75) is 51.6 Å². The van der Waals surface area contributed by atoms with Gasteiger partial charge in [0, 0.05) is 6.42 Å². The van der Waals surface area contributed by atoms with Crippen LogP contribution in [0, 0.1) is 0 Å². The molecule has 0 aromatic heterocycles. The van der Waals surface area contributed by atoms with Gasteiger partial charge in [0.15, 0.2) is 0 Å². The average Bonchev–Trinajstić information content (AvgIpc) is 2.55. The summed E-state index contributed by atoms with van der Waals surface area (Å²) in [6.45, 7) is 3.76. The number of nitrogens with one attached hydrogen (secondary N) is 2. The van der Waals surface area contributed by atoms with Crippen LogP contribution in [0.1, 0.15) is 38.7 Å². The van der Waals surface area contributed by atoms with Crippen molar-refractivity contribution < 1.29 is 9.59 Å². The molecular weight excluding hydrogens is 300 g/mol. The highest BCUT2D eigenvalue weighted by atomic mass is 16.2. The van der Waals surface area contributed by atoms with Crippen molar-refractivity contribution in [1.29, 1.82) is 0 Å². The molecule has 1 aromatic rings. The van der Waals surface area contributed by atoms with Gasteiger partial charge in [0.2, 0.25) is 11.8 Å². The summed E-state index contributed by atoms with van der Waals surface area (Å²) in [4.78, 5) is 24.1. The molecule has 4 heteroatoms. The van der Waals surface area contributed by atoms with E-state index in [1.54, 1.807) is 6.92 Å². The van der Waals surface area contributed by atoms with E-state index >= 15 is 0 Å². The quantitative estimate of drug-likeness (QED) is 0.809. The summed E-state index contributed by atoms with van der Waals surface area (Å²) in [6, 6.07) is 9.59. The molecule has 2 atom stereocenters. The van der Waals surface area contributed by atoms with Gasteiger partial charge < -0.3 is 10.6 Å². The Morgan fingerprint density at radius 1 is 1.25 bits per heavy atom. The lowest BCUT2D eigenvalue weighted by Crippen LogP contribution is -2.47. The van der Waals surface area contributed by atoms with Gasteiger partial charge >= 0.3 is 0 Å². The van der Waals surface area contributed by atoms with Gasteiger partial charge in [-0.05, 0) is 38.7 Å². The molecule has 1 aromatic carbocycles. The largest absolute Gasteiger partial charge is 0.348 e. The van der Waals surface area contributed by atoms with Crippen LogP contribution < -0.4 is 10.6 Å². The standard InChI is InChI=1S/C20H26N2O2/c1-15-8-6-12-18(14-15)22-20(24)16(2)21-19(23)13-7-11-17-9-4-3-5-10-17/h3-6,8-10,12,16,18H,7,11,13-14H2,1-2H3,(H,21,23)(H,22,24)/t16-,18+/m0/s1. The topological polar surface area (TPSA) is 58.2 Å². The summed E-state index contributed by atoms with van der Waals surface area (Å²) in [5.41, 5.74) is 2.46. The maximum atomic E-state index is 12.2. The van der Waals surface area contributed by atoms with Crippen LogP contribution in [0.15, 0.2) is 54.1 Å². The summed E-state index contributed by atoms with van der Waals surface area (Å²) < 4.78 is 0. The zero-order valence-corrected chi connectivity index (χ0v) is 14.4.